The van der Waals surface area contributed by atoms with Crippen LogP contribution >= 0.6 is 0 Å². The first-order chi connectivity index (χ1) is 8.67. The summed E-state index contributed by atoms with van der Waals surface area (Å²) < 4.78 is 6.04. The molecule has 3 rings (SSSR count). The molecule has 18 heavy (non-hydrogen) atoms. The lowest BCUT2D eigenvalue weighted by molar-refractivity contribution is 0.0914. The summed E-state index contributed by atoms with van der Waals surface area (Å²) in [6.45, 7) is 4.15. The Balaban J connectivity index is 2.14. The summed E-state index contributed by atoms with van der Waals surface area (Å²) in [5.74, 6) is 0.694. The number of hydrogen-bond donors (Lipinski definition) is 0. The summed E-state index contributed by atoms with van der Waals surface area (Å²) in [6, 6.07) is 18.1. The first kappa shape index (κ1) is 11.0. The highest BCUT2D eigenvalue weighted by molar-refractivity contribution is 5.97. The highest BCUT2D eigenvalue weighted by atomic mass is 16.5. The molecule has 0 aromatic heterocycles. The molecule has 0 bridgehead atoms. The Labute approximate surface area is 107 Å². The van der Waals surface area contributed by atoms with Crippen LogP contribution in [0.1, 0.15) is 25.0 Å². The fraction of sp³-hybridized carbons (Fsp3) is 0.188. The molecule has 0 unspecified atom stereocenters. The Morgan fingerprint density at radius 1 is 0.889 bits per heavy atom. The van der Waals surface area contributed by atoms with E-state index in [4.69, 9.17) is 4.74 Å². The Bertz CT molecular complexity index is 600. The van der Waals surface area contributed by atoms with Gasteiger partial charge in [-0.15, -0.1) is 0 Å². The Hall–Kier alpha value is -2.09. The van der Waals surface area contributed by atoms with Gasteiger partial charge in [-0.25, -0.2) is 4.99 Å². The zero-order valence-corrected chi connectivity index (χ0v) is 10.6. The van der Waals surface area contributed by atoms with Crippen molar-refractivity contribution in [2.45, 2.75) is 19.4 Å². The van der Waals surface area contributed by atoms with E-state index in [9.17, 15) is 0 Å². The second kappa shape index (κ2) is 3.98. The van der Waals surface area contributed by atoms with Gasteiger partial charge in [-0.05, 0) is 32.0 Å². The molecular weight excluding hydrogens is 222 g/mol. The van der Waals surface area contributed by atoms with Gasteiger partial charge in [0.25, 0.3) is 0 Å². The number of benzene rings is 2. The smallest absolute Gasteiger partial charge is 0.222 e. The van der Waals surface area contributed by atoms with Crippen LogP contribution in [0.3, 0.4) is 0 Å². The fourth-order valence-corrected chi connectivity index (χ4v) is 2.21. The summed E-state index contributed by atoms with van der Waals surface area (Å²) in [5, 5.41) is 0. The standard InChI is InChI=1S/C16H15NO/c1-16(2)13-10-6-7-11-14(13)17-15(18-16)12-8-4-3-5-9-12/h3-11H,1-2H3. The molecule has 2 aromatic carbocycles. The third-order valence-electron chi connectivity index (χ3n) is 3.15. The van der Waals surface area contributed by atoms with Gasteiger partial charge in [0.1, 0.15) is 5.60 Å². The number of ether oxygens (including phenoxy) is 1. The summed E-state index contributed by atoms with van der Waals surface area (Å²) in [4.78, 5) is 4.61. The summed E-state index contributed by atoms with van der Waals surface area (Å²) in [7, 11) is 0. The molecule has 1 aliphatic rings. The van der Waals surface area contributed by atoms with Gasteiger partial charge >= 0.3 is 0 Å². The highest BCUT2D eigenvalue weighted by Crippen LogP contribution is 2.37. The monoisotopic (exact) mass is 237 g/mol. The molecule has 1 heterocycles. The minimum atomic E-state index is -0.344. The number of aliphatic imine (C=N–C) groups is 1. The second-order valence-electron chi connectivity index (χ2n) is 4.91. The van der Waals surface area contributed by atoms with Gasteiger partial charge in [0, 0.05) is 11.1 Å². The molecule has 0 aliphatic carbocycles. The lowest BCUT2D eigenvalue weighted by atomic mass is 9.95. The first-order valence-corrected chi connectivity index (χ1v) is 6.09. The second-order valence-corrected chi connectivity index (χ2v) is 4.91. The van der Waals surface area contributed by atoms with Crippen LogP contribution in [0.15, 0.2) is 59.6 Å². The van der Waals surface area contributed by atoms with Gasteiger partial charge in [-0.2, -0.15) is 0 Å². The lowest BCUT2D eigenvalue weighted by Crippen LogP contribution is -2.29. The van der Waals surface area contributed by atoms with Gasteiger partial charge in [0.2, 0.25) is 5.90 Å². The van der Waals surface area contributed by atoms with Crippen LogP contribution in [0.25, 0.3) is 0 Å². The molecule has 2 nitrogen and oxygen atoms in total. The zero-order valence-electron chi connectivity index (χ0n) is 10.6. The van der Waals surface area contributed by atoms with Gasteiger partial charge in [-0.1, -0.05) is 36.4 Å². The van der Waals surface area contributed by atoms with Crippen molar-refractivity contribution < 1.29 is 4.74 Å². The normalized spacial score (nSPS) is 16.4. The van der Waals surface area contributed by atoms with Crippen molar-refractivity contribution in [3.63, 3.8) is 0 Å². The third-order valence-corrected chi connectivity index (χ3v) is 3.15. The van der Waals surface area contributed by atoms with E-state index in [0.717, 1.165) is 16.8 Å². The number of hydrogen-bond acceptors (Lipinski definition) is 2. The Morgan fingerprint density at radius 2 is 1.56 bits per heavy atom. The van der Waals surface area contributed by atoms with Crippen molar-refractivity contribution in [3.05, 3.63) is 65.7 Å². The molecule has 2 heteroatoms. The lowest BCUT2D eigenvalue weighted by Gasteiger charge is -2.32. The van der Waals surface area contributed by atoms with Gasteiger partial charge < -0.3 is 4.74 Å². The molecule has 1 aliphatic heterocycles. The van der Waals surface area contributed by atoms with E-state index in [0.29, 0.717) is 5.90 Å². The molecule has 0 saturated carbocycles. The van der Waals surface area contributed by atoms with E-state index in [1.807, 2.05) is 48.5 Å². The Morgan fingerprint density at radius 3 is 2.33 bits per heavy atom. The maximum absolute atomic E-state index is 6.04. The van der Waals surface area contributed by atoms with Crippen molar-refractivity contribution in [2.75, 3.05) is 0 Å². The number of fused-ring (bicyclic) bond motifs is 1. The van der Waals surface area contributed by atoms with Gasteiger partial charge in [0.05, 0.1) is 5.69 Å². The highest BCUT2D eigenvalue weighted by Gasteiger charge is 2.31. The van der Waals surface area contributed by atoms with Crippen molar-refractivity contribution in [2.24, 2.45) is 4.99 Å². The van der Waals surface area contributed by atoms with Crippen LogP contribution in [0, 0.1) is 0 Å². The van der Waals surface area contributed by atoms with Crippen molar-refractivity contribution in [1.82, 2.24) is 0 Å². The molecule has 0 N–H and O–H groups in total. The van der Waals surface area contributed by atoms with E-state index in [-0.39, 0.29) is 5.60 Å². The SMILES string of the molecule is CC1(C)OC(c2ccccc2)=Nc2ccccc21. The third kappa shape index (κ3) is 1.80. The van der Waals surface area contributed by atoms with Crippen LogP contribution < -0.4 is 0 Å². The molecule has 90 valence electrons. The predicted octanol–water partition coefficient (Wildman–Crippen LogP) is 4.03. The summed E-state index contributed by atoms with van der Waals surface area (Å²) in [5.41, 5.74) is 2.79. The van der Waals surface area contributed by atoms with Gasteiger partial charge in [-0.3, -0.25) is 0 Å². The van der Waals surface area contributed by atoms with Crippen molar-refractivity contribution in [3.8, 4) is 0 Å². The molecule has 0 saturated heterocycles. The van der Waals surface area contributed by atoms with E-state index in [2.05, 4.69) is 24.9 Å². The van der Waals surface area contributed by atoms with E-state index in [1.54, 1.807) is 0 Å². The van der Waals surface area contributed by atoms with Crippen LogP contribution in [0.4, 0.5) is 5.69 Å². The maximum Gasteiger partial charge on any atom is 0.222 e. The fourth-order valence-electron chi connectivity index (χ4n) is 2.21. The number of nitrogens with zero attached hydrogens (tertiary/aromatic N) is 1. The molecule has 0 spiro atoms. The van der Waals surface area contributed by atoms with E-state index < -0.39 is 0 Å². The maximum atomic E-state index is 6.04. The average molecular weight is 237 g/mol. The molecule has 0 fully saturated rings. The topological polar surface area (TPSA) is 21.6 Å². The van der Waals surface area contributed by atoms with Gasteiger partial charge in [0.15, 0.2) is 0 Å². The molecule has 2 aromatic rings. The quantitative estimate of drug-likeness (QED) is 0.733. The zero-order chi connectivity index (χ0) is 12.6. The minimum Gasteiger partial charge on any atom is -0.466 e. The van der Waals surface area contributed by atoms with Crippen molar-refractivity contribution >= 4 is 11.6 Å². The largest absolute Gasteiger partial charge is 0.466 e. The summed E-state index contributed by atoms with van der Waals surface area (Å²) >= 11 is 0. The Kier molecular flexibility index (Phi) is 2.44. The van der Waals surface area contributed by atoms with E-state index >= 15 is 0 Å². The predicted molar refractivity (Wildman–Crippen MR) is 73.2 cm³/mol. The van der Waals surface area contributed by atoms with Crippen LogP contribution in [-0.4, -0.2) is 5.90 Å². The number of para-hydroxylation sites is 1. The van der Waals surface area contributed by atoms with E-state index in [1.165, 1.54) is 0 Å². The first-order valence-electron chi connectivity index (χ1n) is 6.09. The molecule has 0 atom stereocenters. The molecule has 0 amide bonds. The van der Waals surface area contributed by atoms with Crippen molar-refractivity contribution in [1.29, 1.82) is 0 Å². The van der Waals surface area contributed by atoms with Crippen LogP contribution in [0.5, 0.6) is 0 Å². The molecular formula is C16H15NO. The van der Waals surface area contributed by atoms with Crippen LogP contribution in [-0.2, 0) is 10.3 Å². The number of rotatable bonds is 1. The minimum absolute atomic E-state index is 0.344. The molecule has 0 radical (unpaired) electrons. The average Bonchev–Trinajstić information content (AvgIpc) is 2.39. The summed E-state index contributed by atoms with van der Waals surface area (Å²) in [6.07, 6.45) is 0. The van der Waals surface area contributed by atoms with Crippen LogP contribution in [0.2, 0.25) is 0 Å².